The van der Waals surface area contributed by atoms with Crippen LogP contribution in [0.1, 0.15) is 90.0 Å². The van der Waals surface area contributed by atoms with Gasteiger partial charge in [-0.05, 0) is 130 Å². The smallest absolute Gasteiger partial charge is 0.240 e. The van der Waals surface area contributed by atoms with Gasteiger partial charge in [-0.3, -0.25) is 0 Å². The minimum atomic E-state index is -3.46. The lowest BCUT2D eigenvalue weighted by atomic mass is 9.48. The third-order valence-corrected chi connectivity index (χ3v) is 12.4. The largest absolute Gasteiger partial charge is 0.390 e. The van der Waals surface area contributed by atoms with Gasteiger partial charge in [0, 0.05) is 0 Å². The lowest BCUT2D eigenvalue weighted by molar-refractivity contribution is -0.101. The van der Waals surface area contributed by atoms with Crippen LogP contribution < -0.4 is 4.72 Å². The average Bonchev–Trinajstić information content (AvgIpc) is 3.14. The first-order chi connectivity index (χ1) is 15.6. The Bertz CT molecular complexity index is 989. The number of hydrogen-bond acceptors (Lipinski definition) is 3. The molecular formula is C28H43NO3S. The Balaban J connectivity index is 1.39. The van der Waals surface area contributed by atoms with Gasteiger partial charge in [-0.1, -0.05) is 32.0 Å². The van der Waals surface area contributed by atoms with Gasteiger partial charge in [-0.2, -0.15) is 0 Å². The van der Waals surface area contributed by atoms with Gasteiger partial charge in [0.25, 0.3) is 0 Å². The molecular weight excluding hydrogens is 430 g/mol. The van der Waals surface area contributed by atoms with Gasteiger partial charge >= 0.3 is 0 Å². The van der Waals surface area contributed by atoms with Gasteiger partial charge in [-0.25, -0.2) is 13.1 Å². The summed E-state index contributed by atoms with van der Waals surface area (Å²) in [6.07, 6.45) is 10.9. The van der Waals surface area contributed by atoms with E-state index in [0.29, 0.717) is 22.1 Å². The molecule has 5 rings (SSSR count). The molecule has 1 aromatic rings. The molecule has 0 unspecified atom stereocenters. The highest BCUT2D eigenvalue weighted by atomic mass is 32.2. The van der Waals surface area contributed by atoms with E-state index in [1.807, 2.05) is 25.1 Å². The van der Waals surface area contributed by atoms with Crippen molar-refractivity contribution in [1.82, 2.24) is 4.72 Å². The second-order valence-electron chi connectivity index (χ2n) is 12.4. The maximum Gasteiger partial charge on any atom is 0.240 e. The molecule has 2 N–H and O–H groups in total. The first kappa shape index (κ1) is 23.8. The summed E-state index contributed by atoms with van der Waals surface area (Å²) < 4.78 is 28.0. The standard InChI is InChI=1S/C28H43NO3S/c1-18(20-7-5-6-8-26(20)33(31,32)29-4)24-11-12-25-23-10-9-19-17-27(2,30)15-13-21(19)22(23)14-16-28(24,25)3/h5-8,18-19,21-25,29-30H,9-17H2,1-4H3/t18-,19+,21-,22+,23+,24-,25-,27+,28+/m0/s1. The van der Waals surface area contributed by atoms with Crippen molar-refractivity contribution in [2.24, 2.45) is 40.9 Å². The van der Waals surface area contributed by atoms with Gasteiger partial charge in [0.1, 0.15) is 0 Å². The summed E-state index contributed by atoms with van der Waals surface area (Å²) in [7, 11) is -1.96. The zero-order valence-corrected chi connectivity index (χ0v) is 21.7. The predicted molar refractivity (Wildman–Crippen MR) is 132 cm³/mol. The van der Waals surface area contributed by atoms with Crippen molar-refractivity contribution in [1.29, 1.82) is 0 Å². The van der Waals surface area contributed by atoms with Crippen LogP contribution in [-0.4, -0.2) is 26.2 Å². The quantitative estimate of drug-likeness (QED) is 0.588. The van der Waals surface area contributed by atoms with Crippen LogP contribution in [0.15, 0.2) is 29.2 Å². The molecule has 1 aromatic carbocycles. The van der Waals surface area contributed by atoms with Crippen molar-refractivity contribution in [2.75, 3.05) is 7.05 Å². The number of nitrogens with one attached hydrogen (secondary N) is 1. The summed E-state index contributed by atoms with van der Waals surface area (Å²) in [4.78, 5) is 0.454. The minimum Gasteiger partial charge on any atom is -0.390 e. The molecule has 0 saturated heterocycles. The molecule has 0 radical (unpaired) electrons. The fraction of sp³-hybridized carbons (Fsp3) is 0.786. The predicted octanol–water partition coefficient (Wildman–Crippen LogP) is 5.72. The molecule has 0 amide bonds. The zero-order chi connectivity index (χ0) is 23.6. The third-order valence-electron chi connectivity index (χ3n) is 10.9. The van der Waals surface area contributed by atoms with E-state index in [4.69, 9.17) is 0 Å². The average molecular weight is 474 g/mol. The topological polar surface area (TPSA) is 66.4 Å². The van der Waals surface area contributed by atoms with E-state index >= 15 is 0 Å². The molecule has 0 spiro atoms. The first-order valence-electron chi connectivity index (χ1n) is 13.3. The van der Waals surface area contributed by atoms with Gasteiger partial charge < -0.3 is 5.11 Å². The second-order valence-corrected chi connectivity index (χ2v) is 14.3. The molecule has 33 heavy (non-hydrogen) atoms. The van der Waals surface area contributed by atoms with Crippen LogP contribution in [0.5, 0.6) is 0 Å². The molecule has 0 aromatic heterocycles. The van der Waals surface area contributed by atoms with Crippen molar-refractivity contribution < 1.29 is 13.5 Å². The minimum absolute atomic E-state index is 0.233. The van der Waals surface area contributed by atoms with Gasteiger partial charge in [0.2, 0.25) is 10.0 Å². The number of benzene rings is 1. The summed E-state index contributed by atoms with van der Waals surface area (Å²) >= 11 is 0. The number of aliphatic hydroxyl groups is 1. The zero-order valence-electron chi connectivity index (χ0n) is 20.9. The highest BCUT2D eigenvalue weighted by molar-refractivity contribution is 7.89. The fourth-order valence-corrected chi connectivity index (χ4v) is 10.4. The van der Waals surface area contributed by atoms with Crippen LogP contribution in [0.3, 0.4) is 0 Å². The van der Waals surface area contributed by atoms with E-state index in [-0.39, 0.29) is 5.92 Å². The molecule has 0 heterocycles. The van der Waals surface area contributed by atoms with E-state index in [9.17, 15) is 13.5 Å². The Morgan fingerprint density at radius 1 is 0.970 bits per heavy atom. The molecule has 0 bridgehead atoms. The monoisotopic (exact) mass is 473 g/mol. The molecule has 4 aliphatic rings. The lowest BCUT2D eigenvalue weighted by Crippen LogP contribution is -2.50. The summed E-state index contributed by atoms with van der Waals surface area (Å²) in [5.41, 5.74) is 0.829. The van der Waals surface area contributed by atoms with Crippen LogP contribution >= 0.6 is 0 Å². The van der Waals surface area contributed by atoms with Gasteiger partial charge in [0.15, 0.2) is 0 Å². The molecule has 184 valence electrons. The number of hydrogen-bond donors (Lipinski definition) is 2. The van der Waals surface area contributed by atoms with Crippen LogP contribution in [0.25, 0.3) is 0 Å². The Labute approximate surface area is 201 Å². The van der Waals surface area contributed by atoms with Crippen molar-refractivity contribution in [2.45, 2.75) is 95.0 Å². The van der Waals surface area contributed by atoms with Crippen LogP contribution in [0, 0.1) is 40.9 Å². The van der Waals surface area contributed by atoms with E-state index in [1.54, 1.807) is 6.07 Å². The molecule has 0 aliphatic heterocycles. The maximum atomic E-state index is 12.7. The van der Waals surface area contributed by atoms with E-state index in [1.165, 1.54) is 52.0 Å². The van der Waals surface area contributed by atoms with E-state index in [0.717, 1.165) is 42.1 Å². The Kier molecular flexibility index (Phi) is 6.02. The first-order valence-corrected chi connectivity index (χ1v) is 14.8. The summed E-state index contributed by atoms with van der Waals surface area (Å²) in [6, 6.07) is 7.63. The molecule has 4 saturated carbocycles. The number of fused-ring (bicyclic) bond motifs is 5. The van der Waals surface area contributed by atoms with Crippen molar-refractivity contribution >= 4 is 10.0 Å². The lowest BCUT2D eigenvalue weighted by Gasteiger charge is -2.57. The Morgan fingerprint density at radius 2 is 1.70 bits per heavy atom. The SMILES string of the molecule is CNS(=O)(=O)c1ccccc1[C@H](C)[C@@H]1CC[C@H]2[C@@H]3CC[C@@H]4C[C@](C)(O)CC[C@@H]4[C@H]3CC[C@@]21C. The highest BCUT2D eigenvalue weighted by Gasteiger charge is 2.58. The summed E-state index contributed by atoms with van der Waals surface area (Å²) in [5, 5.41) is 10.7. The van der Waals surface area contributed by atoms with Crippen molar-refractivity contribution in [3.8, 4) is 0 Å². The fourth-order valence-electron chi connectivity index (χ4n) is 9.37. The van der Waals surface area contributed by atoms with E-state index < -0.39 is 15.6 Å². The third kappa shape index (κ3) is 3.90. The normalized spacial score (nSPS) is 43.9. The van der Waals surface area contributed by atoms with Gasteiger partial charge in [0.05, 0.1) is 10.5 Å². The van der Waals surface area contributed by atoms with Crippen molar-refractivity contribution in [3.63, 3.8) is 0 Å². The Morgan fingerprint density at radius 3 is 2.45 bits per heavy atom. The van der Waals surface area contributed by atoms with Crippen LogP contribution in [0.2, 0.25) is 0 Å². The molecule has 4 nitrogen and oxygen atoms in total. The Hall–Kier alpha value is -0.910. The summed E-state index contributed by atoms with van der Waals surface area (Å²) in [6.45, 7) is 6.85. The summed E-state index contributed by atoms with van der Waals surface area (Å²) in [5.74, 6) is 4.71. The van der Waals surface area contributed by atoms with E-state index in [2.05, 4.69) is 18.6 Å². The maximum absolute atomic E-state index is 12.7. The molecule has 4 fully saturated rings. The number of sulfonamides is 1. The van der Waals surface area contributed by atoms with Gasteiger partial charge in [-0.15, -0.1) is 0 Å². The number of rotatable bonds is 4. The second kappa shape index (κ2) is 8.34. The highest BCUT2D eigenvalue weighted by Crippen LogP contribution is 2.66. The molecule has 4 aliphatic carbocycles. The molecule has 5 heteroatoms. The van der Waals surface area contributed by atoms with Crippen LogP contribution in [0.4, 0.5) is 0 Å². The molecule has 9 atom stereocenters. The van der Waals surface area contributed by atoms with Crippen molar-refractivity contribution in [3.05, 3.63) is 29.8 Å². The van der Waals surface area contributed by atoms with Crippen LogP contribution in [-0.2, 0) is 10.0 Å².